The Morgan fingerprint density at radius 2 is 1.62 bits per heavy atom. The Hall–Kier alpha value is -2.66. The molecule has 2 heterocycles. The lowest BCUT2D eigenvalue weighted by atomic mass is 10.0. The number of aromatic nitrogens is 4. The molecule has 0 radical (unpaired) electrons. The molecule has 0 spiro atoms. The lowest BCUT2D eigenvalue weighted by Gasteiger charge is -2.19. The molecule has 4 nitrogen and oxygen atoms in total. The first-order valence-electron chi connectivity index (χ1n) is 8.60. The van der Waals surface area contributed by atoms with E-state index in [1.165, 1.54) is 16.7 Å². The molecule has 5 heteroatoms. The van der Waals surface area contributed by atoms with Crippen LogP contribution in [-0.2, 0) is 0 Å². The highest BCUT2D eigenvalue weighted by Gasteiger charge is 2.21. The van der Waals surface area contributed by atoms with Crippen LogP contribution in [0.4, 0.5) is 0 Å². The molecule has 0 N–H and O–H groups in total. The fraction of sp³-hybridized carbons (Fsp3) is 0.190. The quantitative estimate of drug-likeness (QED) is 0.484. The zero-order chi connectivity index (χ0) is 18.1. The van der Waals surface area contributed by atoms with Crippen molar-refractivity contribution in [3.8, 4) is 0 Å². The summed E-state index contributed by atoms with van der Waals surface area (Å²) in [6, 6.07) is 21.0. The van der Waals surface area contributed by atoms with Gasteiger partial charge in [-0.15, -0.1) is 10.2 Å². The lowest BCUT2D eigenvalue weighted by Crippen LogP contribution is -2.03. The van der Waals surface area contributed by atoms with Crippen LogP contribution in [0.5, 0.6) is 0 Å². The molecule has 4 rings (SSSR count). The normalized spacial score (nSPS) is 12.4. The van der Waals surface area contributed by atoms with Crippen molar-refractivity contribution in [2.75, 3.05) is 0 Å². The summed E-state index contributed by atoms with van der Waals surface area (Å²) < 4.78 is 2.03. The van der Waals surface area contributed by atoms with Crippen LogP contribution in [0.1, 0.15) is 33.5 Å². The van der Waals surface area contributed by atoms with E-state index in [-0.39, 0.29) is 5.25 Å². The number of thioether (sulfide) groups is 1. The topological polar surface area (TPSA) is 43.1 Å². The van der Waals surface area contributed by atoms with Crippen molar-refractivity contribution in [3.63, 3.8) is 0 Å². The monoisotopic (exact) mass is 360 g/mol. The second kappa shape index (κ2) is 6.92. The molecule has 0 amide bonds. The molecule has 130 valence electrons. The van der Waals surface area contributed by atoms with Crippen LogP contribution < -0.4 is 0 Å². The molecule has 0 fully saturated rings. The molecule has 4 aromatic rings. The van der Waals surface area contributed by atoms with Gasteiger partial charge in [-0.05, 0) is 37.5 Å². The summed E-state index contributed by atoms with van der Waals surface area (Å²) in [6.07, 6.45) is 0. The molecule has 0 saturated heterocycles. The molecule has 26 heavy (non-hydrogen) atoms. The Kier molecular flexibility index (Phi) is 4.47. The fourth-order valence-electron chi connectivity index (χ4n) is 3.20. The largest absolute Gasteiger partial charge is 0.258 e. The summed E-state index contributed by atoms with van der Waals surface area (Å²) in [5, 5.41) is 9.82. The van der Waals surface area contributed by atoms with E-state index < -0.39 is 0 Å². The minimum absolute atomic E-state index is 0.144. The number of nitrogens with zero attached hydrogens (tertiary/aromatic N) is 4. The summed E-state index contributed by atoms with van der Waals surface area (Å²) in [5.41, 5.74) is 5.61. The van der Waals surface area contributed by atoms with E-state index in [9.17, 15) is 0 Å². The molecule has 0 aliphatic carbocycles. The van der Waals surface area contributed by atoms with Gasteiger partial charge >= 0.3 is 0 Å². The third kappa shape index (κ3) is 3.10. The van der Waals surface area contributed by atoms with Crippen molar-refractivity contribution in [1.82, 2.24) is 19.6 Å². The third-order valence-corrected chi connectivity index (χ3v) is 5.69. The van der Waals surface area contributed by atoms with Gasteiger partial charge < -0.3 is 0 Å². The zero-order valence-electron chi connectivity index (χ0n) is 15.0. The number of rotatable bonds is 4. The van der Waals surface area contributed by atoms with Gasteiger partial charge in [-0.2, -0.15) is 0 Å². The summed E-state index contributed by atoms with van der Waals surface area (Å²) >= 11 is 1.71. The molecular formula is C21H20N4S. The molecule has 0 aliphatic heterocycles. The molecule has 1 unspecified atom stereocenters. The van der Waals surface area contributed by atoms with Crippen molar-refractivity contribution in [2.24, 2.45) is 0 Å². The Labute approximate surface area is 157 Å². The maximum Gasteiger partial charge on any atom is 0.197 e. The molecule has 0 aliphatic rings. The van der Waals surface area contributed by atoms with E-state index in [0.717, 1.165) is 22.3 Å². The van der Waals surface area contributed by atoms with Crippen LogP contribution in [0.15, 0.2) is 65.8 Å². The minimum atomic E-state index is 0.144. The highest BCUT2D eigenvalue weighted by molar-refractivity contribution is 7.99. The van der Waals surface area contributed by atoms with Crippen LogP contribution in [-0.4, -0.2) is 19.6 Å². The van der Waals surface area contributed by atoms with Crippen LogP contribution in [0.2, 0.25) is 0 Å². The van der Waals surface area contributed by atoms with E-state index >= 15 is 0 Å². The highest BCUT2D eigenvalue weighted by Crippen LogP contribution is 2.41. The van der Waals surface area contributed by atoms with E-state index in [0.29, 0.717) is 0 Å². The average molecular weight is 360 g/mol. The summed E-state index contributed by atoms with van der Waals surface area (Å²) in [6.45, 7) is 6.14. The van der Waals surface area contributed by atoms with Gasteiger partial charge in [0.1, 0.15) is 5.82 Å². The van der Waals surface area contributed by atoms with Gasteiger partial charge in [0.25, 0.3) is 0 Å². The Bertz CT molecular complexity index is 1060. The minimum Gasteiger partial charge on any atom is -0.258 e. The molecule has 1 atom stereocenters. The first kappa shape index (κ1) is 16.8. The molecule has 2 aromatic carbocycles. The molecule has 2 aromatic heterocycles. The van der Waals surface area contributed by atoms with Crippen molar-refractivity contribution in [3.05, 3.63) is 88.9 Å². The van der Waals surface area contributed by atoms with Crippen LogP contribution in [0.3, 0.4) is 0 Å². The van der Waals surface area contributed by atoms with Gasteiger partial charge in [-0.25, -0.2) is 4.98 Å². The van der Waals surface area contributed by atoms with E-state index in [1.807, 2.05) is 30.4 Å². The SMILES string of the molecule is Cc1cc2nnc(SC(c3ccccc3)c3ccccc3C)n2c(C)n1. The van der Waals surface area contributed by atoms with Gasteiger partial charge in [0.2, 0.25) is 0 Å². The van der Waals surface area contributed by atoms with Gasteiger partial charge in [0, 0.05) is 11.8 Å². The van der Waals surface area contributed by atoms with Gasteiger partial charge in [0.15, 0.2) is 10.8 Å². The third-order valence-electron chi connectivity index (χ3n) is 4.45. The smallest absolute Gasteiger partial charge is 0.197 e. The zero-order valence-corrected chi connectivity index (χ0v) is 15.9. The Morgan fingerprint density at radius 1 is 0.885 bits per heavy atom. The predicted octanol–water partition coefficient (Wildman–Crippen LogP) is 4.93. The Balaban J connectivity index is 1.83. The number of hydrogen-bond acceptors (Lipinski definition) is 4. The van der Waals surface area contributed by atoms with E-state index in [4.69, 9.17) is 0 Å². The van der Waals surface area contributed by atoms with Crippen molar-refractivity contribution < 1.29 is 0 Å². The second-order valence-corrected chi connectivity index (χ2v) is 7.46. The lowest BCUT2D eigenvalue weighted by molar-refractivity contribution is 0.851. The van der Waals surface area contributed by atoms with Crippen LogP contribution in [0.25, 0.3) is 5.65 Å². The highest BCUT2D eigenvalue weighted by atomic mass is 32.2. The predicted molar refractivity (Wildman–Crippen MR) is 106 cm³/mol. The fourth-order valence-corrected chi connectivity index (χ4v) is 4.52. The summed E-state index contributed by atoms with van der Waals surface area (Å²) in [4.78, 5) is 4.57. The molecule has 0 saturated carbocycles. The van der Waals surface area contributed by atoms with Crippen LogP contribution >= 0.6 is 11.8 Å². The number of hydrogen-bond donors (Lipinski definition) is 0. The first-order chi connectivity index (χ1) is 12.6. The summed E-state index contributed by atoms with van der Waals surface area (Å²) in [5.74, 6) is 0.907. The molecule has 0 bridgehead atoms. The number of aryl methyl sites for hydroxylation is 3. The van der Waals surface area contributed by atoms with E-state index in [2.05, 4.69) is 70.6 Å². The molecular weight excluding hydrogens is 340 g/mol. The first-order valence-corrected chi connectivity index (χ1v) is 9.48. The van der Waals surface area contributed by atoms with Gasteiger partial charge in [0.05, 0.1) is 5.25 Å². The second-order valence-electron chi connectivity index (χ2n) is 6.39. The van der Waals surface area contributed by atoms with E-state index in [1.54, 1.807) is 11.8 Å². The van der Waals surface area contributed by atoms with Crippen molar-refractivity contribution in [2.45, 2.75) is 31.2 Å². The van der Waals surface area contributed by atoms with Crippen LogP contribution in [0, 0.1) is 20.8 Å². The maximum absolute atomic E-state index is 4.57. The Morgan fingerprint density at radius 3 is 2.38 bits per heavy atom. The van der Waals surface area contributed by atoms with Gasteiger partial charge in [-0.3, -0.25) is 4.40 Å². The maximum atomic E-state index is 4.57. The average Bonchev–Trinajstić information content (AvgIpc) is 3.04. The number of benzene rings is 2. The van der Waals surface area contributed by atoms with Crippen molar-refractivity contribution >= 4 is 17.4 Å². The summed E-state index contributed by atoms with van der Waals surface area (Å²) in [7, 11) is 0. The standard InChI is InChI=1S/C21H20N4S/c1-14-9-7-8-12-18(14)20(17-10-5-4-6-11-17)26-21-24-23-19-13-15(2)22-16(3)25(19)21/h4-13,20H,1-3H3. The number of fused-ring (bicyclic) bond motifs is 1. The van der Waals surface area contributed by atoms with Gasteiger partial charge in [-0.1, -0.05) is 66.4 Å². The van der Waals surface area contributed by atoms with Crippen molar-refractivity contribution in [1.29, 1.82) is 0 Å².